The van der Waals surface area contributed by atoms with Crippen molar-refractivity contribution in [2.45, 2.75) is 51.0 Å². The van der Waals surface area contributed by atoms with Crippen LogP contribution in [0.15, 0.2) is 42.5 Å². The maximum absolute atomic E-state index is 12.9. The first kappa shape index (κ1) is 37.3. The molecule has 0 bridgehead atoms. The van der Waals surface area contributed by atoms with Crippen LogP contribution in [0.3, 0.4) is 0 Å². The lowest BCUT2D eigenvalue weighted by molar-refractivity contribution is -0.148. The van der Waals surface area contributed by atoms with Crippen LogP contribution in [0.2, 0.25) is 0 Å². The molecule has 1 aliphatic carbocycles. The maximum Gasteiger partial charge on any atom is 0.325 e. The van der Waals surface area contributed by atoms with Gasteiger partial charge in [-0.2, -0.15) is 0 Å². The maximum atomic E-state index is 12.9. The summed E-state index contributed by atoms with van der Waals surface area (Å²) < 4.78 is 10.3. The Balaban J connectivity index is 1.31. The van der Waals surface area contributed by atoms with E-state index >= 15 is 0 Å². The van der Waals surface area contributed by atoms with Gasteiger partial charge in [-0.3, -0.25) is 43.3 Å². The Kier molecular flexibility index (Phi) is 15.2. The third-order valence-electron chi connectivity index (χ3n) is 7.70. The van der Waals surface area contributed by atoms with Gasteiger partial charge in [-0.1, -0.05) is 36.8 Å². The minimum absolute atomic E-state index is 0.0776. The second kappa shape index (κ2) is 19.5. The molecule has 260 valence electrons. The molecule has 1 aliphatic heterocycles. The summed E-state index contributed by atoms with van der Waals surface area (Å²) >= 11 is 0. The normalized spacial score (nSPS) is 17.2. The molecule has 0 saturated heterocycles. The van der Waals surface area contributed by atoms with Crippen molar-refractivity contribution in [1.82, 2.24) is 26.2 Å². The van der Waals surface area contributed by atoms with Gasteiger partial charge in [-0.25, -0.2) is 0 Å². The number of hydrogen-bond acceptors (Lipinski definition) is 10. The predicted molar refractivity (Wildman–Crippen MR) is 168 cm³/mol. The van der Waals surface area contributed by atoms with Crippen LogP contribution in [0.25, 0.3) is 0 Å². The summed E-state index contributed by atoms with van der Waals surface area (Å²) in [5, 5.41) is 9.91. The highest BCUT2D eigenvalue weighted by Gasteiger charge is 2.33. The largest absolute Gasteiger partial charge is 0.454 e. The summed E-state index contributed by atoms with van der Waals surface area (Å²) in [6.07, 6.45) is 5.56. The molecule has 1 aromatic rings. The van der Waals surface area contributed by atoms with Crippen LogP contribution in [0.4, 0.5) is 0 Å². The lowest BCUT2D eigenvalue weighted by Gasteiger charge is -2.32. The summed E-state index contributed by atoms with van der Waals surface area (Å²) in [5.74, 6) is -4.14. The molecule has 0 radical (unpaired) electrons. The van der Waals surface area contributed by atoms with E-state index < -0.39 is 48.8 Å². The molecular formula is C32H42N6O10. The van der Waals surface area contributed by atoms with Crippen molar-refractivity contribution in [3.05, 3.63) is 48.0 Å². The number of primary amides is 1. The van der Waals surface area contributed by atoms with E-state index in [0.717, 1.165) is 10.5 Å². The van der Waals surface area contributed by atoms with Crippen LogP contribution in [-0.4, -0.2) is 97.8 Å². The number of carbonyl (C=O) groups excluding carboxylic acids is 8. The Morgan fingerprint density at radius 2 is 1.56 bits per heavy atom. The van der Waals surface area contributed by atoms with Gasteiger partial charge in [0.1, 0.15) is 19.3 Å². The number of rotatable bonds is 21. The number of unbranched alkanes of at least 4 members (excludes halogenated alkanes) is 2. The summed E-state index contributed by atoms with van der Waals surface area (Å²) in [6, 6.07) is 7.77. The van der Waals surface area contributed by atoms with Crippen LogP contribution >= 0.6 is 0 Å². The molecule has 1 heterocycles. The fraction of sp³-hybridized carbons (Fsp3) is 0.500. The highest BCUT2D eigenvalue weighted by Crippen LogP contribution is 2.33. The van der Waals surface area contributed by atoms with Crippen LogP contribution in [0, 0.1) is 11.8 Å². The van der Waals surface area contributed by atoms with E-state index in [1.165, 1.54) is 12.2 Å². The first-order valence-corrected chi connectivity index (χ1v) is 15.7. The van der Waals surface area contributed by atoms with Crippen molar-refractivity contribution in [2.75, 3.05) is 39.6 Å². The molecule has 3 rings (SSSR count). The average molecular weight is 671 g/mol. The molecule has 1 saturated carbocycles. The molecule has 0 unspecified atom stereocenters. The van der Waals surface area contributed by atoms with Gasteiger partial charge in [0.2, 0.25) is 23.6 Å². The number of esters is 1. The van der Waals surface area contributed by atoms with Crippen molar-refractivity contribution in [3.63, 3.8) is 0 Å². The van der Waals surface area contributed by atoms with Gasteiger partial charge in [0.15, 0.2) is 6.61 Å². The second-order valence-electron chi connectivity index (χ2n) is 11.5. The predicted octanol–water partition coefficient (Wildman–Crippen LogP) is -1.42. The Hall–Kier alpha value is -5.12. The minimum atomic E-state index is -1.09. The van der Waals surface area contributed by atoms with Crippen LogP contribution in [0.1, 0.15) is 44.1 Å². The lowest BCUT2D eigenvalue weighted by atomic mass is 9.75. The number of amides is 7. The van der Waals surface area contributed by atoms with Gasteiger partial charge in [-0.05, 0) is 37.2 Å². The summed E-state index contributed by atoms with van der Waals surface area (Å²) in [6.45, 7) is -0.981. The van der Waals surface area contributed by atoms with E-state index in [4.69, 9.17) is 15.2 Å². The number of nitrogens with one attached hydrogen (secondary N) is 4. The molecule has 0 spiro atoms. The summed E-state index contributed by atoms with van der Waals surface area (Å²) in [7, 11) is 0. The standard InChI is InChI=1S/C32H42N6O10/c33-31(45)23-13-22(14-23)18-47-20-36-26(40)16-35-32(46)24(15-21-7-3-1-4-8-21)37-27(41)19-48-30(44)17-34-25(39)9-5-2-6-12-38-28(42)10-11-29(38)43/h1,3-4,7-8,10-11,22-24H,2,5-6,9,12-20H2,(H2,33,45)(H,34,39)(H,35,46)(H,36,40)(H,37,41)/t22?,23?,24-/m0/s1. The third-order valence-corrected chi connectivity index (χ3v) is 7.70. The van der Waals surface area contributed by atoms with Crippen molar-refractivity contribution in [1.29, 1.82) is 0 Å². The molecular weight excluding hydrogens is 628 g/mol. The zero-order valence-electron chi connectivity index (χ0n) is 26.6. The second-order valence-corrected chi connectivity index (χ2v) is 11.5. The van der Waals surface area contributed by atoms with Crippen LogP contribution in [0.5, 0.6) is 0 Å². The van der Waals surface area contributed by atoms with Gasteiger partial charge in [0.25, 0.3) is 17.7 Å². The quantitative estimate of drug-likeness (QED) is 0.0443. The van der Waals surface area contributed by atoms with Gasteiger partial charge in [0.05, 0.1) is 13.2 Å². The van der Waals surface area contributed by atoms with E-state index in [9.17, 15) is 38.4 Å². The van der Waals surface area contributed by atoms with Crippen molar-refractivity contribution in [2.24, 2.45) is 17.6 Å². The van der Waals surface area contributed by atoms with E-state index in [2.05, 4.69) is 21.3 Å². The Morgan fingerprint density at radius 3 is 2.25 bits per heavy atom. The van der Waals surface area contributed by atoms with E-state index in [1.807, 2.05) is 0 Å². The average Bonchev–Trinajstić information content (AvgIpc) is 3.36. The number of nitrogens with two attached hydrogens (primary N) is 1. The Morgan fingerprint density at radius 1 is 0.854 bits per heavy atom. The third kappa shape index (κ3) is 13.3. The molecule has 1 fully saturated rings. The zero-order chi connectivity index (χ0) is 34.9. The first-order chi connectivity index (χ1) is 23.0. The van der Waals surface area contributed by atoms with Gasteiger partial charge < -0.3 is 36.5 Å². The van der Waals surface area contributed by atoms with Crippen molar-refractivity contribution < 1.29 is 47.8 Å². The van der Waals surface area contributed by atoms with E-state index in [-0.39, 0.29) is 62.2 Å². The first-order valence-electron chi connectivity index (χ1n) is 15.7. The highest BCUT2D eigenvalue weighted by atomic mass is 16.5. The van der Waals surface area contributed by atoms with Crippen LogP contribution < -0.4 is 27.0 Å². The number of ether oxygens (including phenoxy) is 2. The molecule has 16 nitrogen and oxygen atoms in total. The highest BCUT2D eigenvalue weighted by molar-refractivity contribution is 6.12. The van der Waals surface area contributed by atoms with Gasteiger partial charge in [-0.15, -0.1) is 0 Å². The molecule has 2 aliphatic rings. The number of benzene rings is 1. The smallest absolute Gasteiger partial charge is 0.325 e. The Bertz CT molecular complexity index is 1340. The summed E-state index contributed by atoms with van der Waals surface area (Å²) in [4.78, 5) is 97.1. The Labute approximate surface area is 277 Å². The molecule has 1 aromatic carbocycles. The molecule has 7 amide bonds. The lowest BCUT2D eigenvalue weighted by Crippen LogP contribution is -2.51. The van der Waals surface area contributed by atoms with Crippen LogP contribution in [-0.2, 0) is 54.3 Å². The molecule has 16 heteroatoms. The molecule has 48 heavy (non-hydrogen) atoms. The minimum Gasteiger partial charge on any atom is -0.454 e. The zero-order valence-corrected chi connectivity index (χ0v) is 26.6. The molecule has 6 N–H and O–H groups in total. The fourth-order valence-electron chi connectivity index (χ4n) is 4.95. The number of hydrogen-bond donors (Lipinski definition) is 5. The number of nitrogens with zero attached hydrogens (tertiary/aromatic N) is 1. The topological polar surface area (TPSA) is 232 Å². The van der Waals surface area contributed by atoms with Gasteiger partial charge in [0, 0.05) is 37.5 Å². The van der Waals surface area contributed by atoms with Gasteiger partial charge >= 0.3 is 5.97 Å². The molecule has 0 aromatic heterocycles. The van der Waals surface area contributed by atoms with E-state index in [0.29, 0.717) is 38.7 Å². The summed E-state index contributed by atoms with van der Waals surface area (Å²) in [5.41, 5.74) is 5.98. The fourth-order valence-corrected chi connectivity index (χ4v) is 4.95. The van der Waals surface area contributed by atoms with E-state index in [1.54, 1.807) is 30.3 Å². The van der Waals surface area contributed by atoms with Crippen molar-refractivity contribution in [3.8, 4) is 0 Å². The number of carbonyl (C=O) groups is 8. The molecule has 1 atom stereocenters. The van der Waals surface area contributed by atoms with Crippen molar-refractivity contribution >= 4 is 47.3 Å². The number of imide groups is 1. The SMILES string of the molecule is NC(=O)C1CC(COCNC(=O)CNC(=O)[C@H](Cc2ccccc2)NC(=O)COC(=O)CNC(=O)CCCCCN2C(=O)C=CC2=O)C1. The monoisotopic (exact) mass is 670 g/mol.